The van der Waals surface area contributed by atoms with Gasteiger partial charge in [0.15, 0.2) is 6.10 Å². The van der Waals surface area contributed by atoms with Crippen molar-refractivity contribution < 1.29 is 24.1 Å². The van der Waals surface area contributed by atoms with Gasteiger partial charge < -0.3 is 14.9 Å². The van der Waals surface area contributed by atoms with Crippen molar-refractivity contribution in [3.05, 3.63) is 35.1 Å². The summed E-state index contributed by atoms with van der Waals surface area (Å²) in [6, 6.07) is 5.30. The first kappa shape index (κ1) is 14.1. The molecular formula is C12H12FNO4. The first-order chi connectivity index (χ1) is 8.51. The van der Waals surface area contributed by atoms with E-state index in [4.69, 9.17) is 5.26 Å². The number of nitriles is 1. The molecule has 1 rings (SSSR count). The second-order valence-corrected chi connectivity index (χ2v) is 3.60. The van der Waals surface area contributed by atoms with E-state index in [1.807, 2.05) is 0 Å². The van der Waals surface area contributed by atoms with E-state index >= 15 is 0 Å². The molecule has 0 aliphatic heterocycles. The lowest BCUT2D eigenvalue weighted by atomic mass is 10.0. The second-order valence-electron chi connectivity index (χ2n) is 3.60. The van der Waals surface area contributed by atoms with E-state index < -0.39 is 24.0 Å². The van der Waals surface area contributed by atoms with Crippen molar-refractivity contribution in [3.8, 4) is 6.07 Å². The molecule has 6 heteroatoms. The largest absolute Gasteiger partial charge is 0.467 e. The summed E-state index contributed by atoms with van der Waals surface area (Å²) >= 11 is 0. The van der Waals surface area contributed by atoms with Crippen molar-refractivity contribution >= 4 is 5.97 Å². The third kappa shape index (κ3) is 3.03. The third-order valence-corrected chi connectivity index (χ3v) is 2.42. The molecule has 1 aromatic rings. The average molecular weight is 253 g/mol. The van der Waals surface area contributed by atoms with Crippen molar-refractivity contribution in [1.29, 1.82) is 5.26 Å². The predicted octanol–water partition coefficient (Wildman–Crippen LogP) is 0.459. The van der Waals surface area contributed by atoms with E-state index in [0.29, 0.717) is 0 Å². The number of halogens is 1. The normalized spacial score (nSPS) is 13.5. The smallest absolute Gasteiger partial charge is 0.337 e. The summed E-state index contributed by atoms with van der Waals surface area (Å²) in [7, 11) is 1.07. The van der Waals surface area contributed by atoms with E-state index in [-0.39, 0.29) is 17.5 Å². The fraction of sp³-hybridized carbons (Fsp3) is 0.333. The highest BCUT2D eigenvalue weighted by molar-refractivity contribution is 5.75. The zero-order valence-corrected chi connectivity index (χ0v) is 9.63. The summed E-state index contributed by atoms with van der Waals surface area (Å²) in [4.78, 5) is 11.0. The first-order valence-electron chi connectivity index (χ1n) is 5.10. The maximum atomic E-state index is 13.3. The summed E-state index contributed by atoms with van der Waals surface area (Å²) < 4.78 is 17.5. The van der Waals surface area contributed by atoms with Crippen LogP contribution in [0.3, 0.4) is 0 Å². The van der Waals surface area contributed by atoms with Crippen LogP contribution < -0.4 is 0 Å². The van der Waals surface area contributed by atoms with Gasteiger partial charge in [-0.25, -0.2) is 9.18 Å². The number of hydrogen-bond donors (Lipinski definition) is 2. The highest BCUT2D eigenvalue weighted by Gasteiger charge is 2.26. The summed E-state index contributed by atoms with van der Waals surface area (Å²) in [6.45, 7) is 0. The first-order valence-corrected chi connectivity index (χ1v) is 5.10. The number of esters is 1. The Hall–Kier alpha value is -1.97. The standard InChI is InChI=1S/C12H12FNO4/c1-18-12(17)11(16)10(15)8-2-3-9(13)7(6-8)4-5-14/h2-3,6,10-11,15-16H,4H2,1H3. The van der Waals surface area contributed by atoms with Gasteiger partial charge in [-0.2, -0.15) is 5.26 Å². The predicted molar refractivity (Wildman–Crippen MR) is 58.7 cm³/mol. The SMILES string of the molecule is COC(=O)C(O)C(O)c1ccc(F)c(CC#N)c1. The van der Waals surface area contributed by atoms with Crippen LogP contribution in [0.2, 0.25) is 0 Å². The molecule has 0 aliphatic carbocycles. The van der Waals surface area contributed by atoms with Crippen LogP contribution in [0.25, 0.3) is 0 Å². The molecule has 0 aromatic heterocycles. The molecule has 0 radical (unpaired) electrons. The van der Waals surface area contributed by atoms with Gasteiger partial charge in [0.2, 0.25) is 0 Å². The Morgan fingerprint density at radius 2 is 2.22 bits per heavy atom. The van der Waals surface area contributed by atoms with Gasteiger partial charge in [0.25, 0.3) is 0 Å². The van der Waals surface area contributed by atoms with Crippen LogP contribution >= 0.6 is 0 Å². The Balaban J connectivity index is 3.00. The number of carbonyl (C=O) groups is 1. The zero-order valence-electron chi connectivity index (χ0n) is 9.63. The minimum Gasteiger partial charge on any atom is -0.467 e. The molecule has 1 aromatic carbocycles. The molecule has 0 heterocycles. The molecule has 0 amide bonds. The molecule has 2 atom stereocenters. The van der Waals surface area contributed by atoms with Crippen LogP contribution in [0.4, 0.5) is 4.39 Å². The number of hydrogen-bond acceptors (Lipinski definition) is 5. The Kier molecular flexibility index (Phi) is 4.77. The summed E-state index contributed by atoms with van der Waals surface area (Å²) in [5, 5.41) is 27.7. The fourth-order valence-corrected chi connectivity index (χ4v) is 1.43. The fourth-order valence-electron chi connectivity index (χ4n) is 1.43. The van der Waals surface area contributed by atoms with Crippen molar-refractivity contribution in [2.75, 3.05) is 7.11 Å². The number of benzene rings is 1. The maximum Gasteiger partial charge on any atom is 0.337 e. The van der Waals surface area contributed by atoms with Gasteiger partial charge in [0.1, 0.15) is 11.9 Å². The van der Waals surface area contributed by atoms with Gasteiger partial charge in [-0.3, -0.25) is 0 Å². The number of ether oxygens (including phenoxy) is 1. The number of methoxy groups -OCH3 is 1. The Bertz CT molecular complexity index is 483. The molecule has 2 N–H and O–H groups in total. The second kappa shape index (κ2) is 6.10. The molecule has 0 saturated carbocycles. The molecule has 18 heavy (non-hydrogen) atoms. The quantitative estimate of drug-likeness (QED) is 0.761. The number of carbonyl (C=O) groups excluding carboxylic acids is 1. The van der Waals surface area contributed by atoms with Crippen LogP contribution in [-0.4, -0.2) is 29.4 Å². The minimum atomic E-state index is -1.75. The van der Waals surface area contributed by atoms with Crippen LogP contribution in [0.5, 0.6) is 0 Å². The summed E-state index contributed by atoms with van der Waals surface area (Å²) in [5.41, 5.74) is 0.227. The van der Waals surface area contributed by atoms with Crippen LogP contribution in [0, 0.1) is 17.1 Å². The van der Waals surface area contributed by atoms with Crippen molar-refractivity contribution in [3.63, 3.8) is 0 Å². The molecule has 96 valence electrons. The van der Waals surface area contributed by atoms with Gasteiger partial charge >= 0.3 is 5.97 Å². The van der Waals surface area contributed by atoms with Gasteiger partial charge in [-0.15, -0.1) is 0 Å². The summed E-state index contributed by atoms with van der Waals surface area (Å²) in [5.74, 6) is -1.58. The molecule has 0 aliphatic rings. The van der Waals surface area contributed by atoms with E-state index in [9.17, 15) is 19.4 Å². The Morgan fingerprint density at radius 3 is 2.78 bits per heavy atom. The molecule has 0 bridgehead atoms. The van der Waals surface area contributed by atoms with Crippen LogP contribution in [-0.2, 0) is 16.0 Å². The Labute approximate surface area is 103 Å². The maximum absolute atomic E-state index is 13.3. The molecular weight excluding hydrogens is 241 g/mol. The van der Waals surface area contributed by atoms with Gasteiger partial charge in [-0.1, -0.05) is 6.07 Å². The molecule has 5 nitrogen and oxygen atoms in total. The van der Waals surface area contributed by atoms with E-state index in [1.165, 1.54) is 12.1 Å². The van der Waals surface area contributed by atoms with Crippen molar-refractivity contribution in [2.24, 2.45) is 0 Å². The lowest BCUT2D eigenvalue weighted by Gasteiger charge is -2.16. The van der Waals surface area contributed by atoms with Crippen molar-refractivity contribution in [2.45, 2.75) is 18.6 Å². The van der Waals surface area contributed by atoms with Gasteiger partial charge in [0, 0.05) is 5.56 Å². The number of aliphatic hydroxyl groups is 2. The van der Waals surface area contributed by atoms with Gasteiger partial charge in [-0.05, 0) is 17.7 Å². The Morgan fingerprint density at radius 1 is 1.56 bits per heavy atom. The third-order valence-electron chi connectivity index (χ3n) is 2.42. The summed E-state index contributed by atoms with van der Waals surface area (Å²) in [6.07, 6.45) is -3.45. The monoisotopic (exact) mass is 253 g/mol. The minimum absolute atomic E-state index is 0.0890. The van der Waals surface area contributed by atoms with E-state index in [2.05, 4.69) is 4.74 Å². The zero-order chi connectivity index (χ0) is 13.7. The van der Waals surface area contributed by atoms with Crippen molar-refractivity contribution in [1.82, 2.24) is 0 Å². The van der Waals surface area contributed by atoms with Crippen LogP contribution in [0.1, 0.15) is 17.2 Å². The lowest BCUT2D eigenvalue weighted by molar-refractivity contribution is -0.156. The molecule has 0 spiro atoms. The number of aliphatic hydroxyl groups excluding tert-OH is 2. The van der Waals surface area contributed by atoms with E-state index in [0.717, 1.165) is 13.2 Å². The molecule has 2 unspecified atom stereocenters. The molecule has 0 saturated heterocycles. The topological polar surface area (TPSA) is 90.6 Å². The van der Waals surface area contributed by atoms with Crippen LogP contribution in [0.15, 0.2) is 18.2 Å². The highest BCUT2D eigenvalue weighted by atomic mass is 19.1. The van der Waals surface area contributed by atoms with Gasteiger partial charge in [0.05, 0.1) is 19.6 Å². The number of rotatable bonds is 4. The molecule has 0 fully saturated rings. The average Bonchev–Trinajstić information content (AvgIpc) is 2.39. The number of nitrogens with zero attached hydrogens (tertiary/aromatic N) is 1. The highest BCUT2D eigenvalue weighted by Crippen LogP contribution is 2.21. The lowest BCUT2D eigenvalue weighted by Crippen LogP contribution is -2.29. The van der Waals surface area contributed by atoms with E-state index in [1.54, 1.807) is 6.07 Å².